The zero-order valence-corrected chi connectivity index (χ0v) is 11.8. The average Bonchev–Trinajstić information content (AvgIpc) is 2.85. The summed E-state index contributed by atoms with van der Waals surface area (Å²) in [6.45, 7) is 1.28. The van der Waals surface area contributed by atoms with Crippen molar-refractivity contribution < 1.29 is 14.3 Å². The molecule has 1 aromatic carbocycles. The monoisotopic (exact) mass is 295 g/mol. The van der Waals surface area contributed by atoms with E-state index in [1.807, 2.05) is 18.2 Å². The summed E-state index contributed by atoms with van der Waals surface area (Å²) in [5.41, 5.74) is 1.78. The van der Waals surface area contributed by atoms with E-state index in [4.69, 9.17) is 4.74 Å². The molecule has 0 aliphatic carbocycles. The van der Waals surface area contributed by atoms with Crippen molar-refractivity contribution in [3.8, 4) is 5.88 Å². The summed E-state index contributed by atoms with van der Waals surface area (Å²) >= 11 is 0. The highest BCUT2D eigenvalue weighted by atomic mass is 16.5. The molecule has 0 fully saturated rings. The van der Waals surface area contributed by atoms with Gasteiger partial charge in [0.25, 0.3) is 0 Å². The molecule has 0 spiro atoms. The number of nitrogens with one attached hydrogen (secondary N) is 1. The molecule has 6 heteroatoms. The minimum atomic E-state index is -0.503. The Morgan fingerprint density at radius 3 is 2.64 bits per heavy atom. The van der Waals surface area contributed by atoms with Crippen LogP contribution in [0, 0.1) is 0 Å². The van der Waals surface area contributed by atoms with E-state index in [1.54, 1.807) is 36.5 Å². The number of benzene rings is 1. The van der Waals surface area contributed by atoms with Crippen molar-refractivity contribution in [2.45, 2.75) is 6.92 Å². The highest BCUT2D eigenvalue weighted by Crippen LogP contribution is 2.24. The van der Waals surface area contributed by atoms with Crippen LogP contribution in [-0.2, 0) is 4.79 Å². The van der Waals surface area contributed by atoms with E-state index < -0.39 is 12.0 Å². The molecule has 6 nitrogen and oxygen atoms in total. The fourth-order valence-electron chi connectivity index (χ4n) is 2.14. The molecule has 2 heterocycles. The van der Waals surface area contributed by atoms with Crippen LogP contribution >= 0.6 is 0 Å². The second kappa shape index (κ2) is 5.69. The van der Waals surface area contributed by atoms with Gasteiger partial charge in [0.15, 0.2) is 0 Å². The molecule has 0 saturated carbocycles. The van der Waals surface area contributed by atoms with Gasteiger partial charge >= 0.3 is 12.0 Å². The number of hydrogen-bond acceptors (Lipinski definition) is 4. The van der Waals surface area contributed by atoms with E-state index in [-0.39, 0.29) is 5.88 Å². The van der Waals surface area contributed by atoms with Crippen LogP contribution in [0.5, 0.6) is 5.88 Å². The number of hydrogen-bond donors (Lipinski definition) is 1. The molecule has 0 unspecified atom stereocenters. The quantitative estimate of drug-likeness (QED) is 0.737. The van der Waals surface area contributed by atoms with Crippen LogP contribution in [0.25, 0.3) is 11.0 Å². The maximum atomic E-state index is 12.5. The molecule has 3 rings (SSSR count). The van der Waals surface area contributed by atoms with Gasteiger partial charge in [-0.3, -0.25) is 9.78 Å². The van der Waals surface area contributed by atoms with Crippen molar-refractivity contribution in [2.75, 3.05) is 5.32 Å². The fourth-order valence-corrected chi connectivity index (χ4v) is 2.14. The first-order valence-corrected chi connectivity index (χ1v) is 6.66. The first-order chi connectivity index (χ1) is 10.6. The topological polar surface area (TPSA) is 73.2 Å². The van der Waals surface area contributed by atoms with E-state index in [9.17, 15) is 9.59 Å². The number of ether oxygens (including phenoxy) is 1. The smallest absolute Gasteiger partial charge is 0.333 e. The van der Waals surface area contributed by atoms with Crippen molar-refractivity contribution in [3.05, 3.63) is 54.7 Å². The Kier molecular flexibility index (Phi) is 3.57. The molecule has 3 aromatic rings. The van der Waals surface area contributed by atoms with E-state index in [1.165, 1.54) is 11.5 Å². The number of anilines is 1. The van der Waals surface area contributed by atoms with Gasteiger partial charge in [-0.05, 0) is 24.3 Å². The van der Waals surface area contributed by atoms with Crippen molar-refractivity contribution >= 4 is 28.7 Å². The van der Waals surface area contributed by atoms with Gasteiger partial charge in [0.2, 0.25) is 5.88 Å². The third-order valence-corrected chi connectivity index (χ3v) is 3.01. The van der Waals surface area contributed by atoms with Crippen molar-refractivity contribution in [3.63, 3.8) is 0 Å². The van der Waals surface area contributed by atoms with Crippen LogP contribution in [0.4, 0.5) is 10.5 Å². The summed E-state index contributed by atoms with van der Waals surface area (Å²) in [7, 11) is 0. The Morgan fingerprint density at radius 1 is 1.14 bits per heavy atom. The molecule has 1 amide bonds. The Balaban J connectivity index is 2.03. The van der Waals surface area contributed by atoms with E-state index in [0.29, 0.717) is 16.7 Å². The van der Waals surface area contributed by atoms with Gasteiger partial charge in [-0.1, -0.05) is 18.2 Å². The lowest BCUT2D eigenvalue weighted by molar-refractivity contribution is -0.132. The number of esters is 1. The number of carbonyl (C=O) groups is 2. The third kappa shape index (κ3) is 2.67. The normalized spacial score (nSPS) is 10.4. The van der Waals surface area contributed by atoms with Gasteiger partial charge in [-0.25, -0.2) is 9.36 Å². The summed E-state index contributed by atoms with van der Waals surface area (Å²) < 4.78 is 6.40. The van der Waals surface area contributed by atoms with E-state index in [0.717, 1.165) is 0 Å². The lowest BCUT2D eigenvalue weighted by Crippen LogP contribution is -2.21. The van der Waals surface area contributed by atoms with Crippen LogP contribution in [0.2, 0.25) is 0 Å². The van der Waals surface area contributed by atoms with E-state index >= 15 is 0 Å². The molecule has 0 radical (unpaired) electrons. The fraction of sp³-hybridized carbons (Fsp3) is 0.0625. The minimum absolute atomic E-state index is 0.134. The average molecular weight is 295 g/mol. The van der Waals surface area contributed by atoms with Crippen LogP contribution < -0.4 is 10.1 Å². The van der Waals surface area contributed by atoms with Crippen LogP contribution in [-0.4, -0.2) is 21.6 Å². The lowest BCUT2D eigenvalue weighted by Gasteiger charge is -2.10. The van der Waals surface area contributed by atoms with Crippen molar-refractivity contribution in [2.24, 2.45) is 0 Å². The largest absolute Gasteiger partial charge is 0.409 e. The van der Waals surface area contributed by atoms with Gasteiger partial charge in [-0.15, -0.1) is 0 Å². The third-order valence-electron chi connectivity index (χ3n) is 3.01. The molecule has 2 aromatic heterocycles. The summed E-state index contributed by atoms with van der Waals surface area (Å²) in [6.07, 6.45) is 1.61. The highest BCUT2D eigenvalue weighted by molar-refractivity contribution is 5.99. The van der Waals surface area contributed by atoms with Crippen LogP contribution in [0.15, 0.2) is 54.7 Å². The SMILES string of the molecule is CC(=O)Oc1cc2ncccc2n1C(=O)Nc1ccccc1. The van der Waals surface area contributed by atoms with Crippen molar-refractivity contribution in [1.29, 1.82) is 0 Å². The molecule has 0 aliphatic rings. The number of rotatable bonds is 2. The molecule has 110 valence electrons. The van der Waals surface area contributed by atoms with Crippen LogP contribution in [0.3, 0.4) is 0 Å². The van der Waals surface area contributed by atoms with Gasteiger partial charge in [0.05, 0.1) is 11.0 Å². The molecule has 0 bridgehead atoms. The molecule has 1 N–H and O–H groups in total. The zero-order chi connectivity index (χ0) is 15.5. The van der Waals surface area contributed by atoms with Gasteiger partial charge in [0, 0.05) is 24.9 Å². The molecular weight excluding hydrogens is 282 g/mol. The highest BCUT2D eigenvalue weighted by Gasteiger charge is 2.18. The number of amides is 1. The summed E-state index contributed by atoms with van der Waals surface area (Å²) in [5.74, 6) is -0.369. The Bertz CT molecular complexity index is 840. The van der Waals surface area contributed by atoms with Crippen LogP contribution in [0.1, 0.15) is 6.92 Å². The number of nitrogens with zero attached hydrogens (tertiary/aromatic N) is 2. The Morgan fingerprint density at radius 2 is 1.91 bits per heavy atom. The summed E-state index contributed by atoms with van der Waals surface area (Å²) in [6, 6.07) is 13.6. The molecule has 0 atom stereocenters. The number of carbonyl (C=O) groups excluding carboxylic acids is 2. The predicted octanol–water partition coefficient (Wildman–Crippen LogP) is 3.04. The van der Waals surface area contributed by atoms with Gasteiger partial charge in [0.1, 0.15) is 0 Å². The zero-order valence-electron chi connectivity index (χ0n) is 11.8. The number of pyridine rings is 1. The molecule has 0 saturated heterocycles. The van der Waals surface area contributed by atoms with Gasteiger partial charge < -0.3 is 10.1 Å². The number of aromatic nitrogens is 2. The molecule has 0 aliphatic heterocycles. The maximum absolute atomic E-state index is 12.5. The summed E-state index contributed by atoms with van der Waals surface area (Å²) in [4.78, 5) is 27.9. The van der Waals surface area contributed by atoms with Gasteiger partial charge in [-0.2, -0.15) is 0 Å². The molecular formula is C16H13N3O3. The van der Waals surface area contributed by atoms with E-state index in [2.05, 4.69) is 10.3 Å². The minimum Gasteiger partial charge on any atom is -0.409 e. The first-order valence-electron chi connectivity index (χ1n) is 6.66. The second-order valence-corrected chi connectivity index (χ2v) is 4.62. The maximum Gasteiger partial charge on any atom is 0.333 e. The first kappa shape index (κ1) is 13.8. The summed E-state index contributed by atoms with van der Waals surface area (Å²) in [5, 5.41) is 2.76. The lowest BCUT2D eigenvalue weighted by atomic mass is 10.3. The Hall–Kier alpha value is -3.15. The molecule has 22 heavy (non-hydrogen) atoms. The second-order valence-electron chi connectivity index (χ2n) is 4.62. The Labute approximate surface area is 126 Å². The predicted molar refractivity (Wildman–Crippen MR) is 81.9 cm³/mol. The standard InChI is InChI=1S/C16H13N3O3/c1-11(20)22-15-10-13-14(8-5-9-17-13)19(15)16(21)18-12-6-3-2-4-7-12/h2-10H,1H3,(H,18,21). The van der Waals surface area contributed by atoms with Crippen molar-refractivity contribution in [1.82, 2.24) is 9.55 Å². The number of fused-ring (bicyclic) bond motifs is 1. The number of para-hydroxylation sites is 1.